The molecule has 1 amide bonds. The zero-order valence-corrected chi connectivity index (χ0v) is 16.0. The van der Waals surface area contributed by atoms with Crippen LogP contribution in [0.25, 0.3) is 0 Å². The average molecular weight is 398 g/mol. The Balaban J connectivity index is 1.94. The summed E-state index contributed by atoms with van der Waals surface area (Å²) in [5.74, 6) is -1.03. The van der Waals surface area contributed by atoms with Crippen molar-refractivity contribution in [3.8, 4) is 0 Å². The molecule has 0 spiro atoms. The Bertz CT molecular complexity index is 1050. The summed E-state index contributed by atoms with van der Waals surface area (Å²) in [4.78, 5) is 12.4. The molecule has 0 atom stereocenters. The van der Waals surface area contributed by atoms with E-state index in [1.807, 2.05) is 13.0 Å². The average Bonchev–Trinajstić information content (AvgIpc) is 2.68. The molecule has 3 aromatic rings. The van der Waals surface area contributed by atoms with Crippen molar-refractivity contribution < 1.29 is 17.6 Å². The van der Waals surface area contributed by atoms with Crippen molar-refractivity contribution in [2.45, 2.75) is 11.8 Å². The number of nitrogens with zero attached hydrogens (tertiary/aromatic N) is 1. The highest BCUT2D eigenvalue weighted by molar-refractivity contribution is 7.92. The molecule has 7 heteroatoms. The molecule has 0 aliphatic heterocycles. The molecule has 0 aliphatic rings. The minimum Gasteiger partial charge on any atom is -0.325 e. The number of para-hydroxylation sites is 1. The van der Waals surface area contributed by atoms with Gasteiger partial charge in [0.2, 0.25) is 5.91 Å². The number of amides is 1. The maximum atomic E-state index is 13.2. The van der Waals surface area contributed by atoms with E-state index in [2.05, 4.69) is 5.32 Å². The lowest BCUT2D eigenvalue weighted by Gasteiger charge is -2.24. The Hall–Kier alpha value is -3.19. The van der Waals surface area contributed by atoms with Gasteiger partial charge in [-0.3, -0.25) is 9.10 Å². The Kier molecular flexibility index (Phi) is 5.75. The third-order valence-corrected chi connectivity index (χ3v) is 5.86. The van der Waals surface area contributed by atoms with Gasteiger partial charge in [0.05, 0.1) is 10.6 Å². The van der Waals surface area contributed by atoms with Gasteiger partial charge in [0.25, 0.3) is 10.0 Å². The third-order valence-electron chi connectivity index (χ3n) is 4.07. The van der Waals surface area contributed by atoms with Crippen LogP contribution < -0.4 is 9.62 Å². The molecule has 0 fully saturated rings. The van der Waals surface area contributed by atoms with E-state index in [0.29, 0.717) is 11.4 Å². The zero-order chi connectivity index (χ0) is 20.1. The molecule has 0 unspecified atom stereocenters. The molecule has 0 bridgehead atoms. The van der Waals surface area contributed by atoms with E-state index in [1.165, 1.54) is 12.1 Å². The van der Waals surface area contributed by atoms with Gasteiger partial charge in [0.15, 0.2) is 0 Å². The lowest BCUT2D eigenvalue weighted by atomic mass is 10.2. The van der Waals surface area contributed by atoms with Gasteiger partial charge in [-0.05, 0) is 55.5 Å². The van der Waals surface area contributed by atoms with Gasteiger partial charge >= 0.3 is 0 Å². The largest absolute Gasteiger partial charge is 0.325 e. The maximum absolute atomic E-state index is 13.2. The van der Waals surface area contributed by atoms with Gasteiger partial charge < -0.3 is 5.32 Å². The first-order valence-corrected chi connectivity index (χ1v) is 10.0. The summed E-state index contributed by atoms with van der Waals surface area (Å²) in [6.07, 6.45) is 0. The van der Waals surface area contributed by atoms with Crippen LogP contribution in [0.4, 0.5) is 15.8 Å². The van der Waals surface area contributed by atoms with Crippen LogP contribution in [0.5, 0.6) is 0 Å². The van der Waals surface area contributed by atoms with Crippen LogP contribution in [0.1, 0.15) is 5.56 Å². The molecule has 3 rings (SSSR count). The van der Waals surface area contributed by atoms with Crippen LogP contribution in [-0.4, -0.2) is 20.9 Å². The number of aryl methyl sites for hydroxylation is 1. The third kappa shape index (κ3) is 4.55. The second-order valence-corrected chi connectivity index (χ2v) is 8.08. The van der Waals surface area contributed by atoms with Crippen molar-refractivity contribution in [3.05, 3.63) is 90.2 Å². The number of carbonyl (C=O) groups is 1. The molecule has 0 saturated heterocycles. The molecule has 0 saturated carbocycles. The van der Waals surface area contributed by atoms with Gasteiger partial charge in [-0.15, -0.1) is 0 Å². The standard InChI is InChI=1S/C21H19FN2O3S/c1-16-7-11-19(12-8-16)24(15-21(25)23-18-5-3-2-4-6-18)28(26,27)20-13-9-17(22)10-14-20/h2-14H,15H2,1H3,(H,23,25). The summed E-state index contributed by atoms with van der Waals surface area (Å²) in [7, 11) is -4.07. The van der Waals surface area contributed by atoms with E-state index in [0.717, 1.165) is 22.0 Å². The summed E-state index contributed by atoms with van der Waals surface area (Å²) in [5, 5.41) is 2.68. The highest BCUT2D eigenvalue weighted by Gasteiger charge is 2.27. The fraction of sp³-hybridized carbons (Fsp3) is 0.0952. The number of sulfonamides is 1. The molecule has 5 nitrogen and oxygen atoms in total. The molecule has 0 aromatic heterocycles. The molecule has 28 heavy (non-hydrogen) atoms. The minimum absolute atomic E-state index is 0.0954. The topological polar surface area (TPSA) is 66.5 Å². The van der Waals surface area contributed by atoms with Gasteiger partial charge in [-0.2, -0.15) is 0 Å². The monoisotopic (exact) mass is 398 g/mol. The number of hydrogen-bond acceptors (Lipinski definition) is 3. The summed E-state index contributed by atoms with van der Waals surface area (Å²) in [6, 6.07) is 20.1. The van der Waals surface area contributed by atoms with Gasteiger partial charge in [0, 0.05) is 5.69 Å². The van der Waals surface area contributed by atoms with E-state index in [4.69, 9.17) is 0 Å². The Morgan fingerprint density at radius 1 is 0.929 bits per heavy atom. The minimum atomic E-state index is -4.07. The Morgan fingerprint density at radius 3 is 2.14 bits per heavy atom. The van der Waals surface area contributed by atoms with E-state index in [-0.39, 0.29) is 4.90 Å². The fourth-order valence-electron chi connectivity index (χ4n) is 2.61. The number of hydrogen-bond donors (Lipinski definition) is 1. The van der Waals surface area contributed by atoms with Crippen molar-refractivity contribution in [2.24, 2.45) is 0 Å². The van der Waals surface area contributed by atoms with Gasteiger partial charge in [-0.25, -0.2) is 12.8 Å². The summed E-state index contributed by atoms with van der Waals surface area (Å²) in [5.41, 5.74) is 1.87. The van der Waals surface area contributed by atoms with Crippen LogP contribution in [0.2, 0.25) is 0 Å². The summed E-state index contributed by atoms with van der Waals surface area (Å²) >= 11 is 0. The zero-order valence-electron chi connectivity index (χ0n) is 15.2. The van der Waals surface area contributed by atoms with Crippen molar-refractivity contribution in [1.29, 1.82) is 0 Å². The number of benzene rings is 3. The number of carbonyl (C=O) groups excluding carboxylic acids is 1. The van der Waals surface area contributed by atoms with Crippen LogP contribution in [0.15, 0.2) is 83.8 Å². The van der Waals surface area contributed by atoms with E-state index >= 15 is 0 Å². The predicted molar refractivity (Wildman–Crippen MR) is 107 cm³/mol. The van der Waals surface area contributed by atoms with Crippen molar-refractivity contribution >= 4 is 27.3 Å². The molecule has 0 heterocycles. The first-order valence-electron chi connectivity index (χ1n) is 8.56. The summed E-state index contributed by atoms with van der Waals surface area (Å²) < 4.78 is 40.5. The molecule has 144 valence electrons. The first-order chi connectivity index (χ1) is 13.4. The van der Waals surface area contributed by atoms with E-state index < -0.39 is 28.3 Å². The maximum Gasteiger partial charge on any atom is 0.264 e. The number of nitrogens with one attached hydrogen (secondary N) is 1. The van der Waals surface area contributed by atoms with Gasteiger partial charge in [0.1, 0.15) is 12.4 Å². The van der Waals surface area contributed by atoms with Crippen LogP contribution in [0, 0.1) is 12.7 Å². The lowest BCUT2D eigenvalue weighted by molar-refractivity contribution is -0.114. The normalized spacial score (nSPS) is 11.1. The quantitative estimate of drug-likeness (QED) is 0.683. The lowest BCUT2D eigenvalue weighted by Crippen LogP contribution is -2.38. The second kappa shape index (κ2) is 8.22. The second-order valence-electron chi connectivity index (χ2n) is 6.22. The molecule has 1 N–H and O–H groups in total. The molecular weight excluding hydrogens is 379 g/mol. The number of rotatable bonds is 6. The number of anilines is 2. The predicted octanol–water partition coefficient (Wildman–Crippen LogP) is 3.97. The Labute approximate surface area is 163 Å². The SMILES string of the molecule is Cc1ccc(N(CC(=O)Nc2ccccc2)S(=O)(=O)c2ccc(F)cc2)cc1. The van der Waals surface area contributed by atoms with Crippen LogP contribution in [-0.2, 0) is 14.8 Å². The highest BCUT2D eigenvalue weighted by Crippen LogP contribution is 2.24. The molecule has 0 radical (unpaired) electrons. The van der Waals surface area contributed by atoms with Gasteiger partial charge in [-0.1, -0.05) is 35.9 Å². The Morgan fingerprint density at radius 2 is 1.54 bits per heavy atom. The molecule has 3 aromatic carbocycles. The van der Waals surface area contributed by atoms with Crippen LogP contribution >= 0.6 is 0 Å². The smallest absolute Gasteiger partial charge is 0.264 e. The highest BCUT2D eigenvalue weighted by atomic mass is 32.2. The fourth-order valence-corrected chi connectivity index (χ4v) is 4.03. The van der Waals surface area contributed by atoms with Crippen molar-refractivity contribution in [3.63, 3.8) is 0 Å². The van der Waals surface area contributed by atoms with Crippen molar-refractivity contribution in [2.75, 3.05) is 16.2 Å². The number of halogens is 1. The summed E-state index contributed by atoms with van der Waals surface area (Å²) in [6.45, 7) is 1.46. The molecular formula is C21H19FN2O3S. The van der Waals surface area contributed by atoms with Crippen molar-refractivity contribution in [1.82, 2.24) is 0 Å². The van der Waals surface area contributed by atoms with E-state index in [1.54, 1.807) is 48.5 Å². The molecule has 0 aliphatic carbocycles. The van der Waals surface area contributed by atoms with E-state index in [9.17, 15) is 17.6 Å². The van der Waals surface area contributed by atoms with Crippen LogP contribution in [0.3, 0.4) is 0 Å². The first kappa shape index (κ1) is 19.6.